The molecule has 0 aliphatic carbocycles. The zero-order valence-electron chi connectivity index (χ0n) is 32.9. The Morgan fingerprint density at radius 2 is 0.750 bits per heavy atom. The zero-order chi connectivity index (χ0) is 39.8. The van der Waals surface area contributed by atoms with Crippen LogP contribution in [-0.2, 0) is 0 Å². The molecule has 1 heterocycles. The maximum atomic E-state index is 2.37. The van der Waals surface area contributed by atoms with Gasteiger partial charge in [0.25, 0.3) is 0 Å². The molecule has 1 nitrogen and oxygen atoms in total. The Bertz CT molecular complexity index is 3310. The summed E-state index contributed by atoms with van der Waals surface area (Å²) in [5.41, 5.74) is 15.4. The lowest BCUT2D eigenvalue weighted by Gasteiger charge is -2.26. The molecule has 10 aromatic carbocycles. The Kier molecular flexibility index (Phi) is 9.11. The maximum absolute atomic E-state index is 2.37. The molecule has 0 bridgehead atoms. The van der Waals surface area contributed by atoms with E-state index < -0.39 is 0 Å². The summed E-state index contributed by atoms with van der Waals surface area (Å²) in [6.45, 7) is 0. The zero-order valence-corrected chi connectivity index (χ0v) is 33.7. The minimum Gasteiger partial charge on any atom is -0.310 e. The van der Waals surface area contributed by atoms with Gasteiger partial charge in [0.1, 0.15) is 0 Å². The van der Waals surface area contributed by atoms with Crippen molar-refractivity contribution in [3.8, 4) is 55.6 Å². The van der Waals surface area contributed by atoms with E-state index in [-0.39, 0.29) is 0 Å². The lowest BCUT2D eigenvalue weighted by atomic mass is 9.97. The molecule has 0 amide bonds. The first kappa shape index (κ1) is 35.6. The molecule has 282 valence electrons. The molecule has 0 saturated carbocycles. The van der Waals surface area contributed by atoms with Crippen molar-refractivity contribution in [2.75, 3.05) is 4.90 Å². The Morgan fingerprint density at radius 1 is 0.267 bits per heavy atom. The van der Waals surface area contributed by atoms with Crippen molar-refractivity contribution in [1.82, 2.24) is 0 Å². The second-order valence-corrected chi connectivity index (χ2v) is 16.4. The van der Waals surface area contributed by atoms with Gasteiger partial charge in [0.05, 0.1) is 0 Å². The average Bonchev–Trinajstić information content (AvgIpc) is 3.72. The Morgan fingerprint density at radius 3 is 1.47 bits per heavy atom. The number of hydrogen-bond acceptors (Lipinski definition) is 2. The van der Waals surface area contributed by atoms with Crippen LogP contribution in [0.4, 0.5) is 17.1 Å². The van der Waals surface area contributed by atoms with E-state index in [1.54, 1.807) is 0 Å². The molecule has 0 aliphatic heterocycles. The largest absolute Gasteiger partial charge is 0.310 e. The van der Waals surface area contributed by atoms with Crippen LogP contribution in [0.5, 0.6) is 0 Å². The minimum absolute atomic E-state index is 1.10. The molecule has 0 saturated heterocycles. The van der Waals surface area contributed by atoms with Crippen molar-refractivity contribution >= 4 is 59.3 Å². The molecule has 0 N–H and O–H groups in total. The van der Waals surface area contributed by atoms with Crippen molar-refractivity contribution in [2.45, 2.75) is 0 Å². The van der Waals surface area contributed by atoms with E-state index in [0.29, 0.717) is 0 Å². The second-order valence-electron chi connectivity index (χ2n) is 15.3. The maximum Gasteiger partial charge on any atom is 0.0467 e. The number of nitrogens with zero attached hydrogens (tertiary/aromatic N) is 1. The third-order valence-corrected chi connectivity index (χ3v) is 12.9. The fourth-order valence-electron chi connectivity index (χ4n) is 8.60. The lowest BCUT2D eigenvalue weighted by Crippen LogP contribution is -2.10. The summed E-state index contributed by atoms with van der Waals surface area (Å²) < 4.78 is 2.66. The van der Waals surface area contributed by atoms with Crippen LogP contribution < -0.4 is 4.90 Å². The number of thiophene rings is 1. The van der Waals surface area contributed by atoms with Crippen LogP contribution in [-0.4, -0.2) is 0 Å². The van der Waals surface area contributed by atoms with E-state index in [1.165, 1.54) is 86.6 Å². The smallest absolute Gasteiger partial charge is 0.0467 e. The molecule has 0 unspecified atom stereocenters. The molecule has 2 heteroatoms. The van der Waals surface area contributed by atoms with Crippen LogP contribution in [0.2, 0.25) is 0 Å². The highest BCUT2D eigenvalue weighted by Crippen LogP contribution is 2.42. The summed E-state index contributed by atoms with van der Waals surface area (Å²) >= 11 is 1.88. The summed E-state index contributed by atoms with van der Waals surface area (Å²) in [4.78, 5) is 2.37. The van der Waals surface area contributed by atoms with E-state index in [4.69, 9.17) is 0 Å². The lowest BCUT2D eigenvalue weighted by molar-refractivity contribution is 1.28. The molecular formula is C58H39NS. The van der Waals surface area contributed by atoms with E-state index >= 15 is 0 Å². The van der Waals surface area contributed by atoms with E-state index in [0.717, 1.165) is 17.1 Å². The predicted molar refractivity (Wildman–Crippen MR) is 259 cm³/mol. The highest BCUT2D eigenvalue weighted by Gasteiger charge is 2.16. The van der Waals surface area contributed by atoms with Crippen LogP contribution in [0.1, 0.15) is 0 Å². The average molecular weight is 782 g/mol. The number of rotatable bonds is 8. The normalized spacial score (nSPS) is 11.3. The van der Waals surface area contributed by atoms with Crippen molar-refractivity contribution in [2.24, 2.45) is 0 Å². The molecule has 1 aromatic heterocycles. The van der Waals surface area contributed by atoms with Gasteiger partial charge in [-0.2, -0.15) is 0 Å². The van der Waals surface area contributed by atoms with Crippen molar-refractivity contribution in [3.63, 3.8) is 0 Å². The highest BCUT2D eigenvalue weighted by molar-refractivity contribution is 7.26. The number of fused-ring (bicyclic) bond motifs is 4. The third kappa shape index (κ3) is 6.73. The Hall–Kier alpha value is -7.52. The van der Waals surface area contributed by atoms with Crippen LogP contribution in [0, 0.1) is 0 Å². The SMILES string of the molecule is c1ccc(-c2cccc(-c3ccc(N(c4ccc(-c5cccc(-c6cccc7c6sc6ccccc67)c5)cc4)c4cccc(-c5ccc6ccccc6c5)c4)cc3)c2)cc1. The quantitative estimate of drug-likeness (QED) is 0.148. The first-order valence-electron chi connectivity index (χ1n) is 20.5. The molecule has 0 radical (unpaired) electrons. The molecule has 0 atom stereocenters. The van der Waals surface area contributed by atoms with E-state index in [9.17, 15) is 0 Å². The summed E-state index contributed by atoms with van der Waals surface area (Å²) in [5.74, 6) is 0. The molecule has 60 heavy (non-hydrogen) atoms. The minimum atomic E-state index is 1.10. The fourth-order valence-corrected chi connectivity index (χ4v) is 9.83. The van der Waals surface area contributed by atoms with Crippen LogP contribution in [0.3, 0.4) is 0 Å². The monoisotopic (exact) mass is 781 g/mol. The highest BCUT2D eigenvalue weighted by atomic mass is 32.1. The van der Waals surface area contributed by atoms with E-state index in [1.807, 2.05) is 11.3 Å². The number of anilines is 3. The summed E-state index contributed by atoms with van der Waals surface area (Å²) in [5, 5.41) is 5.13. The molecule has 11 aromatic rings. The Labute approximate surface area is 354 Å². The first-order chi connectivity index (χ1) is 29.7. The molecule has 0 fully saturated rings. The standard InChI is InChI=1S/C58H39NS/c1-2-12-40(13-3-1)45-16-8-17-46(36-45)42-28-32-51(33-29-42)59(53-21-10-19-48(39-53)49-27-26-41-14-4-5-15-44(41)37-49)52-34-30-43(31-35-52)47-18-9-20-50(38-47)54-23-11-24-56-55-22-6-7-25-57(55)60-58(54)56/h1-39H. The van der Waals surface area contributed by atoms with Crippen LogP contribution in [0.15, 0.2) is 237 Å². The van der Waals surface area contributed by atoms with Crippen molar-refractivity contribution < 1.29 is 0 Å². The van der Waals surface area contributed by atoms with E-state index in [2.05, 4.69) is 241 Å². The molecule has 0 spiro atoms. The summed E-state index contributed by atoms with van der Waals surface area (Å²) in [7, 11) is 0. The summed E-state index contributed by atoms with van der Waals surface area (Å²) in [6.07, 6.45) is 0. The van der Waals surface area contributed by atoms with Gasteiger partial charge in [-0.05, 0) is 127 Å². The first-order valence-corrected chi connectivity index (χ1v) is 21.3. The van der Waals surface area contributed by atoms with Gasteiger partial charge in [-0.1, -0.05) is 176 Å². The van der Waals surface area contributed by atoms with Crippen LogP contribution in [0.25, 0.3) is 86.6 Å². The number of hydrogen-bond donors (Lipinski definition) is 0. The van der Waals surface area contributed by atoms with Gasteiger partial charge in [-0.25, -0.2) is 0 Å². The Balaban J connectivity index is 0.965. The predicted octanol–water partition coefficient (Wildman–Crippen LogP) is 17.0. The van der Waals surface area contributed by atoms with Crippen molar-refractivity contribution in [1.29, 1.82) is 0 Å². The van der Waals surface area contributed by atoms with Gasteiger partial charge in [0, 0.05) is 37.2 Å². The second kappa shape index (κ2) is 15.3. The molecule has 11 rings (SSSR count). The number of benzene rings is 10. The topological polar surface area (TPSA) is 3.24 Å². The van der Waals surface area contributed by atoms with Crippen molar-refractivity contribution in [3.05, 3.63) is 237 Å². The molecule has 0 aliphatic rings. The summed E-state index contributed by atoms with van der Waals surface area (Å²) in [6, 6.07) is 86.1. The van der Waals surface area contributed by atoms with Gasteiger partial charge in [0.2, 0.25) is 0 Å². The van der Waals surface area contributed by atoms with Gasteiger partial charge < -0.3 is 4.90 Å². The van der Waals surface area contributed by atoms with Gasteiger partial charge >= 0.3 is 0 Å². The van der Waals surface area contributed by atoms with Crippen LogP contribution >= 0.6 is 11.3 Å². The third-order valence-electron chi connectivity index (χ3n) is 11.7. The van der Waals surface area contributed by atoms with Gasteiger partial charge in [-0.15, -0.1) is 11.3 Å². The van der Waals surface area contributed by atoms with Gasteiger partial charge in [-0.3, -0.25) is 0 Å². The fraction of sp³-hybridized carbons (Fsp3) is 0. The van der Waals surface area contributed by atoms with Gasteiger partial charge in [0.15, 0.2) is 0 Å². The molecular weight excluding hydrogens is 743 g/mol.